The summed E-state index contributed by atoms with van der Waals surface area (Å²) >= 11 is 0. The molecule has 1 fully saturated rings. The van der Waals surface area contributed by atoms with E-state index in [1.54, 1.807) is 48.5 Å². The predicted molar refractivity (Wildman–Crippen MR) is 147 cm³/mol. The van der Waals surface area contributed by atoms with Crippen LogP contribution in [0.25, 0.3) is 11.8 Å². The van der Waals surface area contributed by atoms with Crippen molar-refractivity contribution in [3.63, 3.8) is 0 Å². The number of benzene rings is 3. The number of nitrogens with zero attached hydrogens (tertiary/aromatic N) is 3. The number of carbonyl (C=O) groups is 3. The van der Waals surface area contributed by atoms with E-state index in [-0.39, 0.29) is 35.4 Å². The molecule has 3 amide bonds. The van der Waals surface area contributed by atoms with Gasteiger partial charge in [-0.1, -0.05) is 12.1 Å². The topological polar surface area (TPSA) is 120 Å². The van der Waals surface area contributed by atoms with E-state index in [0.29, 0.717) is 29.1 Å². The van der Waals surface area contributed by atoms with Gasteiger partial charge in [-0.15, -0.1) is 0 Å². The molecule has 200 valence electrons. The van der Waals surface area contributed by atoms with Gasteiger partial charge in [0, 0.05) is 12.0 Å². The monoisotopic (exact) mass is 537 g/mol. The number of ether oxygens (including phenoxy) is 1. The van der Waals surface area contributed by atoms with Crippen molar-refractivity contribution in [2.45, 2.75) is 20.3 Å². The molecule has 1 aliphatic heterocycles. The summed E-state index contributed by atoms with van der Waals surface area (Å²) in [6.45, 7) is 3.62. The molecule has 3 aromatic carbocycles. The second-order valence-corrected chi connectivity index (χ2v) is 9.74. The van der Waals surface area contributed by atoms with E-state index in [2.05, 4.69) is 10.4 Å². The molecule has 0 spiro atoms. The van der Waals surface area contributed by atoms with Crippen LogP contribution in [0.2, 0.25) is 0 Å². The summed E-state index contributed by atoms with van der Waals surface area (Å²) in [4.78, 5) is 39.0. The third-order valence-electron chi connectivity index (χ3n) is 7.06. The van der Waals surface area contributed by atoms with Gasteiger partial charge < -0.3 is 15.8 Å². The number of ketones is 1. The largest absolute Gasteiger partial charge is 0.454 e. The highest BCUT2D eigenvalue weighted by molar-refractivity contribution is 6.20. The Morgan fingerprint density at radius 1 is 1.05 bits per heavy atom. The summed E-state index contributed by atoms with van der Waals surface area (Å²) in [5.41, 5.74) is 11.5. The van der Waals surface area contributed by atoms with E-state index in [1.807, 2.05) is 19.9 Å². The number of urea groups is 1. The molecule has 0 bridgehead atoms. The van der Waals surface area contributed by atoms with Crippen LogP contribution in [0, 0.1) is 19.7 Å². The maximum absolute atomic E-state index is 14.0. The molecule has 2 heterocycles. The molecule has 40 heavy (non-hydrogen) atoms. The van der Waals surface area contributed by atoms with E-state index in [1.165, 1.54) is 16.9 Å². The van der Waals surface area contributed by atoms with Gasteiger partial charge in [-0.3, -0.25) is 9.59 Å². The number of allylic oxidation sites excluding steroid dienone is 1. The van der Waals surface area contributed by atoms with Gasteiger partial charge in [0.1, 0.15) is 11.6 Å². The first-order valence-corrected chi connectivity index (χ1v) is 12.6. The minimum Gasteiger partial charge on any atom is -0.454 e. The summed E-state index contributed by atoms with van der Waals surface area (Å²) in [5.74, 6) is -0.295. The van der Waals surface area contributed by atoms with E-state index >= 15 is 0 Å². The number of nitrogens with one attached hydrogen (secondary N) is 1. The molecule has 0 unspecified atom stereocenters. The maximum Gasteiger partial charge on any atom is 0.329 e. The standard InChI is InChI=1S/C30H24FN5O4/c1-16-9-18-11-20(12-19(18)13-25(16)35-27(37)15-33-30(35)39)28(38)22-14-34-36(29(22)32)24-8-7-21(10-17(24)2)40-26-6-4-3-5-23(26)31/h3-11,13-14H,12,15,32H2,1-2H3,(H,33,39). The molecule has 1 aliphatic carbocycles. The average molecular weight is 538 g/mol. The van der Waals surface area contributed by atoms with Crippen LogP contribution in [0.5, 0.6) is 11.5 Å². The fraction of sp³-hybridized carbons (Fsp3) is 0.133. The molecule has 0 radical (unpaired) electrons. The first kappa shape index (κ1) is 25.1. The molecule has 0 saturated carbocycles. The van der Waals surface area contributed by atoms with Crippen molar-refractivity contribution in [3.8, 4) is 17.2 Å². The Balaban J connectivity index is 1.24. The summed E-state index contributed by atoms with van der Waals surface area (Å²) in [6, 6.07) is 14.5. The average Bonchev–Trinajstić information content (AvgIpc) is 3.61. The van der Waals surface area contributed by atoms with E-state index in [9.17, 15) is 18.8 Å². The quantitative estimate of drug-likeness (QED) is 0.267. The molecule has 10 heteroatoms. The highest BCUT2D eigenvalue weighted by Crippen LogP contribution is 2.35. The van der Waals surface area contributed by atoms with Crippen LogP contribution in [-0.2, 0) is 11.2 Å². The first-order valence-electron chi connectivity index (χ1n) is 12.6. The highest BCUT2D eigenvalue weighted by atomic mass is 19.1. The molecular formula is C30H24FN5O4. The number of para-hydroxylation sites is 1. The number of anilines is 2. The van der Waals surface area contributed by atoms with E-state index in [0.717, 1.165) is 27.2 Å². The van der Waals surface area contributed by atoms with Crippen LogP contribution in [0.3, 0.4) is 0 Å². The maximum atomic E-state index is 14.0. The van der Waals surface area contributed by atoms with Crippen molar-refractivity contribution in [2.24, 2.45) is 0 Å². The molecule has 0 atom stereocenters. The molecule has 1 saturated heterocycles. The van der Waals surface area contributed by atoms with Gasteiger partial charge >= 0.3 is 6.03 Å². The Labute approximate surface area is 228 Å². The summed E-state index contributed by atoms with van der Waals surface area (Å²) in [6.07, 6.45) is 3.57. The Kier molecular flexibility index (Phi) is 5.95. The number of hydrogen-bond donors (Lipinski definition) is 2. The summed E-state index contributed by atoms with van der Waals surface area (Å²) < 4.78 is 21.1. The Bertz CT molecular complexity index is 1760. The molecule has 9 nitrogen and oxygen atoms in total. The number of fused-ring (bicyclic) bond motifs is 1. The van der Waals surface area contributed by atoms with Crippen molar-refractivity contribution in [2.75, 3.05) is 17.2 Å². The number of carbonyl (C=O) groups excluding carboxylic acids is 3. The third kappa shape index (κ3) is 4.19. The lowest BCUT2D eigenvalue weighted by Crippen LogP contribution is -2.31. The molecule has 6 rings (SSSR count). The number of nitrogen functional groups attached to an aromatic ring is 1. The Hall–Kier alpha value is -5.25. The normalized spacial score (nSPS) is 14.3. The third-order valence-corrected chi connectivity index (χ3v) is 7.06. The lowest BCUT2D eigenvalue weighted by atomic mass is 10.0. The molecule has 1 aromatic heterocycles. The van der Waals surface area contributed by atoms with Gasteiger partial charge in [-0.25, -0.2) is 18.8 Å². The van der Waals surface area contributed by atoms with Crippen molar-refractivity contribution < 1.29 is 23.5 Å². The van der Waals surface area contributed by atoms with Crippen LogP contribution in [-0.4, -0.2) is 34.0 Å². The number of amides is 3. The van der Waals surface area contributed by atoms with Crippen molar-refractivity contribution in [1.82, 2.24) is 15.1 Å². The van der Waals surface area contributed by atoms with Gasteiger partial charge in [0.05, 0.1) is 29.7 Å². The fourth-order valence-electron chi connectivity index (χ4n) is 5.03. The number of nitrogens with two attached hydrogens (primary N) is 1. The van der Waals surface area contributed by atoms with Crippen molar-refractivity contribution in [1.29, 1.82) is 0 Å². The number of rotatable bonds is 6. The number of halogens is 1. The van der Waals surface area contributed by atoms with Crippen LogP contribution in [0.1, 0.15) is 32.6 Å². The van der Waals surface area contributed by atoms with E-state index < -0.39 is 11.8 Å². The second kappa shape index (κ2) is 9.49. The number of imide groups is 1. The predicted octanol–water partition coefficient (Wildman–Crippen LogP) is 4.88. The highest BCUT2D eigenvalue weighted by Gasteiger charge is 2.32. The number of Topliss-reactive ketones (excluding diaryl/α,β-unsaturated/α-hetero) is 1. The SMILES string of the molecule is Cc1cc2c(cc1N1C(=O)CNC1=O)CC(C(=O)c1cnn(-c3ccc(Oc4ccccc4F)cc3C)c1N)=C2. The smallest absolute Gasteiger partial charge is 0.329 e. The fourth-order valence-corrected chi connectivity index (χ4v) is 5.03. The number of hydrogen-bond acceptors (Lipinski definition) is 6. The van der Waals surface area contributed by atoms with E-state index in [4.69, 9.17) is 10.5 Å². The summed E-state index contributed by atoms with van der Waals surface area (Å²) in [7, 11) is 0. The van der Waals surface area contributed by atoms with Crippen LogP contribution >= 0.6 is 0 Å². The zero-order chi connectivity index (χ0) is 28.1. The molecule has 4 aromatic rings. The van der Waals surface area contributed by atoms with Crippen LogP contribution < -0.4 is 20.7 Å². The Morgan fingerprint density at radius 3 is 2.55 bits per heavy atom. The minimum absolute atomic E-state index is 0.0403. The molecule has 3 N–H and O–H groups in total. The lowest BCUT2D eigenvalue weighted by molar-refractivity contribution is -0.115. The Morgan fingerprint density at radius 2 is 1.82 bits per heavy atom. The van der Waals surface area contributed by atoms with Crippen molar-refractivity contribution >= 4 is 35.3 Å². The van der Waals surface area contributed by atoms with Crippen LogP contribution in [0.4, 0.5) is 20.7 Å². The zero-order valence-electron chi connectivity index (χ0n) is 21.7. The van der Waals surface area contributed by atoms with Gasteiger partial charge in [-0.05, 0) is 84.6 Å². The van der Waals surface area contributed by atoms with Gasteiger partial charge in [0.25, 0.3) is 5.91 Å². The first-order chi connectivity index (χ1) is 19.2. The molecular weight excluding hydrogens is 513 g/mol. The zero-order valence-corrected chi connectivity index (χ0v) is 21.7. The lowest BCUT2D eigenvalue weighted by Gasteiger charge is -2.17. The van der Waals surface area contributed by atoms with Gasteiger partial charge in [-0.2, -0.15) is 5.10 Å². The number of aromatic nitrogens is 2. The van der Waals surface area contributed by atoms with Crippen molar-refractivity contribution in [3.05, 3.63) is 100 Å². The minimum atomic E-state index is -0.464. The second-order valence-electron chi connectivity index (χ2n) is 9.74. The molecule has 2 aliphatic rings. The number of aryl methyl sites for hydroxylation is 2. The van der Waals surface area contributed by atoms with Crippen LogP contribution in [0.15, 0.2) is 66.4 Å². The van der Waals surface area contributed by atoms with Gasteiger partial charge in [0.15, 0.2) is 17.3 Å². The summed E-state index contributed by atoms with van der Waals surface area (Å²) in [5, 5.41) is 6.90. The van der Waals surface area contributed by atoms with Gasteiger partial charge in [0.2, 0.25) is 0 Å².